The molecular formula is C43H34N2. The maximum atomic E-state index is 2.37. The number of benzene rings is 7. The van der Waals surface area contributed by atoms with E-state index >= 15 is 0 Å². The molecule has 0 aromatic heterocycles. The second-order valence-corrected chi connectivity index (χ2v) is 11.1. The lowest BCUT2D eigenvalue weighted by Crippen LogP contribution is -2.11. The van der Waals surface area contributed by atoms with E-state index in [4.69, 9.17) is 0 Å². The SMILES string of the molecule is Cc1ccccc1N(c1ccc(C=Cc2ccc(N(c3ccccc3)c3ccccc3)cc2)cc1)c1cccc2ccccc12. The summed E-state index contributed by atoms with van der Waals surface area (Å²) in [7, 11) is 0. The van der Waals surface area contributed by atoms with Crippen LogP contribution in [0.15, 0.2) is 176 Å². The molecule has 0 bridgehead atoms. The molecule has 0 atom stereocenters. The van der Waals surface area contributed by atoms with E-state index in [1.165, 1.54) is 27.7 Å². The lowest BCUT2D eigenvalue weighted by Gasteiger charge is -2.28. The van der Waals surface area contributed by atoms with Crippen LogP contribution >= 0.6 is 0 Å². The summed E-state index contributed by atoms with van der Waals surface area (Å²) in [5, 5.41) is 2.46. The summed E-state index contributed by atoms with van der Waals surface area (Å²) in [6, 6.07) is 62.3. The number of rotatable bonds is 8. The predicted octanol–water partition coefficient (Wildman–Crippen LogP) is 12.3. The highest BCUT2D eigenvalue weighted by atomic mass is 15.1. The average molecular weight is 579 g/mol. The fourth-order valence-electron chi connectivity index (χ4n) is 5.89. The smallest absolute Gasteiger partial charge is 0.0540 e. The molecule has 0 fully saturated rings. The molecule has 0 aliphatic rings. The second-order valence-electron chi connectivity index (χ2n) is 11.1. The standard InChI is InChI=1S/C43H34N2/c1-33-13-8-11-21-42(33)45(43-22-12-15-36-14-9-10-20-41(36)43)40-31-27-35(28-32-40)24-23-34-25-29-39(30-26-34)44(37-16-4-2-5-17-37)38-18-6-3-7-19-38/h2-32H,1H3. The Balaban J connectivity index is 1.16. The Morgan fingerprint density at radius 1 is 0.356 bits per heavy atom. The van der Waals surface area contributed by atoms with E-state index in [0.29, 0.717) is 0 Å². The Bertz CT molecular complexity index is 2000. The van der Waals surface area contributed by atoms with Crippen molar-refractivity contribution >= 4 is 57.0 Å². The van der Waals surface area contributed by atoms with Crippen molar-refractivity contribution in [1.82, 2.24) is 0 Å². The monoisotopic (exact) mass is 578 g/mol. The minimum atomic E-state index is 1.12. The van der Waals surface area contributed by atoms with Gasteiger partial charge in [0.25, 0.3) is 0 Å². The van der Waals surface area contributed by atoms with Crippen molar-refractivity contribution in [2.24, 2.45) is 0 Å². The molecule has 0 N–H and O–H groups in total. The molecule has 2 heteroatoms. The van der Waals surface area contributed by atoms with Gasteiger partial charge in [0.1, 0.15) is 0 Å². The van der Waals surface area contributed by atoms with Gasteiger partial charge in [0, 0.05) is 33.8 Å². The van der Waals surface area contributed by atoms with Crippen molar-refractivity contribution in [3.8, 4) is 0 Å². The molecule has 0 spiro atoms. The zero-order valence-corrected chi connectivity index (χ0v) is 25.3. The van der Waals surface area contributed by atoms with E-state index < -0.39 is 0 Å². The summed E-state index contributed by atoms with van der Waals surface area (Å²) in [5.74, 6) is 0. The van der Waals surface area contributed by atoms with Crippen molar-refractivity contribution in [3.63, 3.8) is 0 Å². The molecule has 0 aliphatic carbocycles. The molecule has 216 valence electrons. The number of fused-ring (bicyclic) bond motifs is 1. The van der Waals surface area contributed by atoms with Crippen LogP contribution in [-0.2, 0) is 0 Å². The molecule has 7 rings (SSSR count). The normalized spacial score (nSPS) is 11.1. The molecule has 0 saturated heterocycles. The number of nitrogens with zero attached hydrogens (tertiary/aromatic N) is 2. The minimum Gasteiger partial charge on any atom is -0.311 e. The van der Waals surface area contributed by atoms with Gasteiger partial charge in [0.2, 0.25) is 0 Å². The van der Waals surface area contributed by atoms with Gasteiger partial charge in [0.15, 0.2) is 0 Å². The Kier molecular flexibility index (Phi) is 7.94. The number of anilines is 6. The van der Waals surface area contributed by atoms with Crippen LogP contribution in [0.1, 0.15) is 16.7 Å². The third-order valence-electron chi connectivity index (χ3n) is 8.16. The van der Waals surface area contributed by atoms with Crippen LogP contribution in [0.2, 0.25) is 0 Å². The summed E-state index contributed by atoms with van der Waals surface area (Å²) in [6.45, 7) is 2.18. The van der Waals surface area contributed by atoms with Gasteiger partial charge in [0.05, 0.1) is 5.69 Å². The van der Waals surface area contributed by atoms with Gasteiger partial charge in [-0.1, -0.05) is 127 Å². The highest BCUT2D eigenvalue weighted by Crippen LogP contribution is 2.40. The number of aryl methyl sites for hydroxylation is 1. The summed E-state index contributed by atoms with van der Waals surface area (Å²) in [4.78, 5) is 4.65. The van der Waals surface area contributed by atoms with Gasteiger partial charge < -0.3 is 9.80 Å². The first-order valence-corrected chi connectivity index (χ1v) is 15.4. The van der Waals surface area contributed by atoms with Crippen molar-refractivity contribution in [2.75, 3.05) is 9.80 Å². The van der Waals surface area contributed by atoms with Crippen LogP contribution in [0.3, 0.4) is 0 Å². The summed E-state index contributed by atoms with van der Waals surface area (Å²) in [5.41, 5.74) is 10.4. The number of para-hydroxylation sites is 3. The summed E-state index contributed by atoms with van der Waals surface area (Å²) in [6.07, 6.45) is 4.36. The Hall–Kier alpha value is -5.86. The molecule has 0 unspecified atom stereocenters. The topological polar surface area (TPSA) is 6.48 Å². The lowest BCUT2D eigenvalue weighted by atomic mass is 10.0. The zero-order valence-electron chi connectivity index (χ0n) is 25.3. The van der Waals surface area contributed by atoms with Crippen molar-refractivity contribution in [1.29, 1.82) is 0 Å². The quantitative estimate of drug-likeness (QED) is 0.166. The minimum absolute atomic E-state index is 1.12. The maximum Gasteiger partial charge on any atom is 0.0540 e. The average Bonchev–Trinajstić information content (AvgIpc) is 3.11. The van der Waals surface area contributed by atoms with Crippen LogP contribution in [-0.4, -0.2) is 0 Å². The molecule has 45 heavy (non-hydrogen) atoms. The molecule has 0 saturated carbocycles. The first-order valence-electron chi connectivity index (χ1n) is 15.4. The van der Waals surface area contributed by atoms with Gasteiger partial charge >= 0.3 is 0 Å². The van der Waals surface area contributed by atoms with Crippen molar-refractivity contribution < 1.29 is 0 Å². The van der Waals surface area contributed by atoms with Gasteiger partial charge in [-0.2, -0.15) is 0 Å². The van der Waals surface area contributed by atoms with Crippen LogP contribution in [0.5, 0.6) is 0 Å². The lowest BCUT2D eigenvalue weighted by molar-refractivity contribution is 1.26. The molecule has 0 amide bonds. The highest BCUT2D eigenvalue weighted by molar-refractivity contribution is 5.99. The van der Waals surface area contributed by atoms with E-state index in [1.807, 2.05) is 0 Å². The van der Waals surface area contributed by atoms with Crippen LogP contribution < -0.4 is 9.80 Å². The molecule has 0 aliphatic heterocycles. The fraction of sp³-hybridized carbons (Fsp3) is 0.0233. The van der Waals surface area contributed by atoms with Gasteiger partial charge in [-0.3, -0.25) is 0 Å². The zero-order chi connectivity index (χ0) is 30.4. The second kappa shape index (κ2) is 12.8. The van der Waals surface area contributed by atoms with E-state index in [2.05, 4.69) is 205 Å². The van der Waals surface area contributed by atoms with Gasteiger partial charge in [-0.25, -0.2) is 0 Å². The molecule has 7 aromatic rings. The fourth-order valence-corrected chi connectivity index (χ4v) is 5.89. The molecule has 7 aromatic carbocycles. The van der Waals surface area contributed by atoms with Crippen LogP contribution in [0.25, 0.3) is 22.9 Å². The summed E-state index contributed by atoms with van der Waals surface area (Å²) >= 11 is 0. The van der Waals surface area contributed by atoms with E-state index in [-0.39, 0.29) is 0 Å². The van der Waals surface area contributed by atoms with E-state index in [1.54, 1.807) is 0 Å². The maximum absolute atomic E-state index is 2.37. The summed E-state index contributed by atoms with van der Waals surface area (Å²) < 4.78 is 0. The first kappa shape index (κ1) is 27.9. The van der Waals surface area contributed by atoms with E-state index in [9.17, 15) is 0 Å². The first-order chi connectivity index (χ1) is 22.2. The molecule has 0 radical (unpaired) electrons. The number of hydrogen-bond acceptors (Lipinski definition) is 2. The van der Waals surface area contributed by atoms with Gasteiger partial charge in [-0.05, 0) is 89.7 Å². The van der Waals surface area contributed by atoms with Crippen LogP contribution in [0.4, 0.5) is 34.1 Å². The van der Waals surface area contributed by atoms with Crippen molar-refractivity contribution in [2.45, 2.75) is 6.92 Å². The Labute approximate surface area is 265 Å². The number of hydrogen-bond donors (Lipinski definition) is 0. The van der Waals surface area contributed by atoms with E-state index in [0.717, 1.165) is 33.9 Å². The van der Waals surface area contributed by atoms with Gasteiger partial charge in [-0.15, -0.1) is 0 Å². The molecule has 0 heterocycles. The molecule has 2 nitrogen and oxygen atoms in total. The van der Waals surface area contributed by atoms with Crippen molar-refractivity contribution in [3.05, 3.63) is 193 Å². The Morgan fingerprint density at radius 2 is 0.800 bits per heavy atom. The largest absolute Gasteiger partial charge is 0.311 e. The highest BCUT2D eigenvalue weighted by Gasteiger charge is 2.16. The predicted molar refractivity (Wildman–Crippen MR) is 193 cm³/mol. The third kappa shape index (κ3) is 6.00. The van der Waals surface area contributed by atoms with Crippen LogP contribution in [0, 0.1) is 6.92 Å². The third-order valence-corrected chi connectivity index (χ3v) is 8.16. The Morgan fingerprint density at radius 3 is 1.40 bits per heavy atom. The molecular weight excluding hydrogens is 544 g/mol.